The van der Waals surface area contributed by atoms with E-state index in [1.807, 2.05) is 87.5 Å². The predicted molar refractivity (Wildman–Crippen MR) is 129 cm³/mol. The Morgan fingerprint density at radius 2 is 1.47 bits per heavy atom. The van der Waals surface area contributed by atoms with Crippen LogP contribution < -0.4 is 5.32 Å². The van der Waals surface area contributed by atoms with E-state index in [0.717, 1.165) is 16.7 Å². The van der Waals surface area contributed by atoms with Crippen LogP contribution in [0.15, 0.2) is 78.9 Å². The highest BCUT2D eigenvalue weighted by Gasteiger charge is 2.32. The second kappa shape index (κ2) is 11.0. The van der Waals surface area contributed by atoms with Crippen LogP contribution >= 0.6 is 11.6 Å². The van der Waals surface area contributed by atoms with E-state index in [-0.39, 0.29) is 17.7 Å². The maximum absolute atomic E-state index is 13.5. The zero-order chi connectivity index (χ0) is 23.1. The number of carbonyl (C=O) groups is 2. The summed E-state index contributed by atoms with van der Waals surface area (Å²) in [5, 5.41) is 3.66. The van der Waals surface area contributed by atoms with Crippen molar-refractivity contribution in [2.24, 2.45) is 5.92 Å². The fourth-order valence-corrected chi connectivity index (χ4v) is 3.64. The molecule has 0 fully saturated rings. The van der Waals surface area contributed by atoms with Gasteiger partial charge in [0.05, 0.1) is 0 Å². The molecule has 1 atom stereocenters. The van der Waals surface area contributed by atoms with E-state index < -0.39 is 6.04 Å². The maximum Gasteiger partial charge on any atom is 0.247 e. The summed E-state index contributed by atoms with van der Waals surface area (Å²) in [4.78, 5) is 28.4. The number of halogens is 1. The van der Waals surface area contributed by atoms with Gasteiger partial charge in [0.25, 0.3) is 0 Å². The summed E-state index contributed by atoms with van der Waals surface area (Å²) in [6.07, 6.45) is 0. The van der Waals surface area contributed by atoms with E-state index in [4.69, 9.17) is 11.6 Å². The largest absolute Gasteiger partial charge is 0.350 e. The third-order valence-electron chi connectivity index (χ3n) is 5.31. The number of aryl methyl sites for hydroxylation is 1. The molecule has 1 unspecified atom stereocenters. The van der Waals surface area contributed by atoms with E-state index >= 15 is 0 Å². The van der Waals surface area contributed by atoms with Crippen LogP contribution in [0.2, 0.25) is 5.02 Å². The molecule has 0 radical (unpaired) electrons. The van der Waals surface area contributed by atoms with Gasteiger partial charge in [0.2, 0.25) is 11.8 Å². The molecule has 5 heteroatoms. The molecule has 32 heavy (non-hydrogen) atoms. The molecule has 0 aliphatic heterocycles. The molecule has 0 spiro atoms. The van der Waals surface area contributed by atoms with E-state index in [1.165, 1.54) is 5.56 Å². The molecule has 3 aromatic carbocycles. The van der Waals surface area contributed by atoms with Gasteiger partial charge in [-0.1, -0.05) is 97.7 Å². The first-order valence-electron chi connectivity index (χ1n) is 10.8. The van der Waals surface area contributed by atoms with Gasteiger partial charge >= 0.3 is 0 Å². The minimum Gasteiger partial charge on any atom is -0.350 e. The lowest BCUT2D eigenvalue weighted by molar-refractivity contribution is -0.144. The number of hydrogen-bond donors (Lipinski definition) is 1. The highest BCUT2D eigenvalue weighted by atomic mass is 35.5. The molecule has 0 aliphatic rings. The first-order chi connectivity index (χ1) is 15.3. The number of amides is 2. The van der Waals surface area contributed by atoms with Crippen LogP contribution in [0.4, 0.5) is 0 Å². The van der Waals surface area contributed by atoms with Crippen molar-refractivity contribution < 1.29 is 9.59 Å². The smallest absolute Gasteiger partial charge is 0.247 e. The Morgan fingerprint density at radius 1 is 0.875 bits per heavy atom. The monoisotopic (exact) mass is 448 g/mol. The molecule has 3 rings (SSSR count). The first kappa shape index (κ1) is 23.6. The van der Waals surface area contributed by atoms with Gasteiger partial charge in [-0.15, -0.1) is 0 Å². The summed E-state index contributed by atoms with van der Waals surface area (Å²) in [5.74, 6) is -0.544. The fourth-order valence-electron chi connectivity index (χ4n) is 3.51. The SMILES string of the molecule is Cc1ccc(CNC(=O)C(c2ccccc2)N(Cc2ccc(Cl)cc2)C(=O)C(C)C)cc1. The highest BCUT2D eigenvalue weighted by molar-refractivity contribution is 6.30. The second-order valence-corrected chi connectivity index (χ2v) is 8.70. The van der Waals surface area contributed by atoms with Gasteiger partial charge in [-0.25, -0.2) is 0 Å². The molecular formula is C27H29ClN2O2. The highest BCUT2D eigenvalue weighted by Crippen LogP contribution is 2.26. The fraction of sp³-hybridized carbons (Fsp3) is 0.259. The minimum atomic E-state index is -0.743. The number of nitrogens with zero attached hydrogens (tertiary/aromatic N) is 1. The van der Waals surface area contributed by atoms with Crippen LogP contribution in [0.5, 0.6) is 0 Å². The number of benzene rings is 3. The Hall–Kier alpha value is -3.11. The minimum absolute atomic E-state index is 0.0840. The van der Waals surface area contributed by atoms with Gasteiger partial charge in [-0.3, -0.25) is 9.59 Å². The zero-order valence-electron chi connectivity index (χ0n) is 18.7. The third-order valence-corrected chi connectivity index (χ3v) is 5.56. The quantitative estimate of drug-likeness (QED) is 0.481. The average Bonchev–Trinajstić information content (AvgIpc) is 2.79. The molecule has 166 valence electrons. The van der Waals surface area contributed by atoms with Gasteiger partial charge in [0.15, 0.2) is 0 Å². The lowest BCUT2D eigenvalue weighted by Crippen LogP contribution is -2.44. The topological polar surface area (TPSA) is 49.4 Å². The van der Waals surface area contributed by atoms with Gasteiger partial charge in [0, 0.05) is 24.0 Å². The summed E-state index contributed by atoms with van der Waals surface area (Å²) in [5.41, 5.74) is 3.86. The summed E-state index contributed by atoms with van der Waals surface area (Å²) in [7, 11) is 0. The van der Waals surface area contributed by atoms with Crippen molar-refractivity contribution in [2.75, 3.05) is 0 Å². The molecule has 3 aromatic rings. The van der Waals surface area contributed by atoms with Crippen LogP contribution in [-0.2, 0) is 22.7 Å². The molecule has 0 saturated heterocycles. The second-order valence-electron chi connectivity index (χ2n) is 8.26. The molecular weight excluding hydrogens is 420 g/mol. The zero-order valence-corrected chi connectivity index (χ0v) is 19.5. The number of carbonyl (C=O) groups excluding carboxylic acids is 2. The van der Waals surface area contributed by atoms with Crippen molar-refractivity contribution in [1.82, 2.24) is 10.2 Å². The van der Waals surface area contributed by atoms with E-state index in [0.29, 0.717) is 18.1 Å². The Kier molecular flexibility index (Phi) is 8.07. The molecule has 1 N–H and O–H groups in total. The molecule has 4 nitrogen and oxygen atoms in total. The van der Waals surface area contributed by atoms with Crippen molar-refractivity contribution in [2.45, 2.75) is 39.9 Å². The van der Waals surface area contributed by atoms with Crippen LogP contribution in [0.25, 0.3) is 0 Å². The van der Waals surface area contributed by atoms with Gasteiger partial charge in [-0.05, 0) is 35.7 Å². The van der Waals surface area contributed by atoms with Crippen molar-refractivity contribution in [3.63, 3.8) is 0 Å². The average molecular weight is 449 g/mol. The van der Waals surface area contributed by atoms with Crippen LogP contribution in [0, 0.1) is 12.8 Å². The molecule has 0 bridgehead atoms. The lowest BCUT2D eigenvalue weighted by atomic mass is 10.0. The summed E-state index contributed by atoms with van der Waals surface area (Å²) in [6.45, 7) is 6.44. The third kappa shape index (κ3) is 6.21. The van der Waals surface area contributed by atoms with Crippen molar-refractivity contribution in [1.29, 1.82) is 0 Å². The lowest BCUT2D eigenvalue weighted by Gasteiger charge is -2.33. The molecule has 0 aliphatic carbocycles. The van der Waals surface area contributed by atoms with E-state index in [2.05, 4.69) is 5.32 Å². The maximum atomic E-state index is 13.5. The summed E-state index contributed by atoms with van der Waals surface area (Å²) in [6, 6.07) is 24.1. The summed E-state index contributed by atoms with van der Waals surface area (Å²) >= 11 is 6.03. The molecule has 0 aromatic heterocycles. The summed E-state index contributed by atoms with van der Waals surface area (Å²) < 4.78 is 0. The Morgan fingerprint density at radius 3 is 2.06 bits per heavy atom. The predicted octanol–water partition coefficient (Wildman–Crippen LogP) is 5.69. The number of hydrogen-bond acceptors (Lipinski definition) is 2. The van der Waals surface area contributed by atoms with Crippen LogP contribution in [-0.4, -0.2) is 16.7 Å². The van der Waals surface area contributed by atoms with Crippen molar-refractivity contribution in [3.8, 4) is 0 Å². The number of nitrogens with one attached hydrogen (secondary N) is 1. The van der Waals surface area contributed by atoms with E-state index in [1.54, 1.807) is 17.0 Å². The molecule has 0 saturated carbocycles. The van der Waals surface area contributed by atoms with Crippen LogP contribution in [0.3, 0.4) is 0 Å². The first-order valence-corrected chi connectivity index (χ1v) is 11.2. The Labute approximate surface area is 195 Å². The standard InChI is InChI=1S/C27H29ClN2O2/c1-19(2)27(32)30(18-22-13-15-24(28)16-14-22)25(23-7-5-4-6-8-23)26(31)29-17-21-11-9-20(3)10-12-21/h4-16,19,25H,17-18H2,1-3H3,(H,29,31). The van der Waals surface area contributed by atoms with Crippen LogP contribution in [0.1, 0.15) is 42.1 Å². The van der Waals surface area contributed by atoms with Gasteiger partial charge < -0.3 is 10.2 Å². The normalized spacial score (nSPS) is 11.8. The van der Waals surface area contributed by atoms with Gasteiger partial charge in [0.1, 0.15) is 6.04 Å². The van der Waals surface area contributed by atoms with Gasteiger partial charge in [-0.2, -0.15) is 0 Å². The Bertz CT molecular complexity index is 1030. The van der Waals surface area contributed by atoms with Crippen molar-refractivity contribution in [3.05, 3.63) is 106 Å². The van der Waals surface area contributed by atoms with Crippen molar-refractivity contribution >= 4 is 23.4 Å². The molecule has 0 heterocycles. The van der Waals surface area contributed by atoms with E-state index in [9.17, 15) is 9.59 Å². The number of rotatable bonds is 8. The Balaban J connectivity index is 1.92. The molecule has 2 amide bonds.